The van der Waals surface area contributed by atoms with Gasteiger partial charge in [0.2, 0.25) is 5.03 Å². The molecule has 1 aromatic heterocycles. The van der Waals surface area contributed by atoms with Crippen molar-refractivity contribution in [2.75, 3.05) is 12.9 Å². The Kier molecular flexibility index (Phi) is 3.76. The molecule has 0 aliphatic heterocycles. The number of nitrogens with zero attached hydrogens (tertiary/aromatic N) is 2. The van der Waals surface area contributed by atoms with Crippen molar-refractivity contribution in [2.24, 2.45) is 0 Å². The van der Waals surface area contributed by atoms with Gasteiger partial charge >= 0.3 is 0 Å². The molecule has 0 atom stereocenters. The minimum absolute atomic E-state index is 0.0909. The molecule has 0 saturated heterocycles. The van der Waals surface area contributed by atoms with E-state index in [1.165, 1.54) is 0 Å². The van der Waals surface area contributed by atoms with E-state index in [1.54, 1.807) is 13.1 Å². The molecule has 0 radical (unpaired) electrons. The van der Waals surface area contributed by atoms with Crippen LogP contribution >= 0.6 is 0 Å². The van der Waals surface area contributed by atoms with Crippen LogP contribution in [0.2, 0.25) is 0 Å². The number of hydrogen-bond acceptors (Lipinski definition) is 5. The van der Waals surface area contributed by atoms with Crippen molar-refractivity contribution >= 4 is 9.84 Å². The second kappa shape index (κ2) is 4.60. The van der Waals surface area contributed by atoms with Crippen LogP contribution in [-0.4, -0.2) is 31.5 Å². The van der Waals surface area contributed by atoms with E-state index in [0.29, 0.717) is 12.4 Å². The van der Waals surface area contributed by atoms with Gasteiger partial charge in [0, 0.05) is 11.8 Å². The molecular weight excluding hydrogens is 240 g/mol. The summed E-state index contributed by atoms with van der Waals surface area (Å²) < 4.78 is 28.7. The van der Waals surface area contributed by atoms with E-state index >= 15 is 0 Å². The highest BCUT2D eigenvalue weighted by Gasteiger charge is 2.27. The van der Waals surface area contributed by atoms with Crippen LogP contribution in [0.3, 0.4) is 0 Å². The third-order valence-electron chi connectivity index (χ3n) is 2.22. The maximum atomic E-state index is 11.6. The van der Waals surface area contributed by atoms with Gasteiger partial charge in [0.15, 0.2) is 15.6 Å². The van der Waals surface area contributed by atoms with E-state index in [1.807, 2.05) is 20.8 Å². The lowest BCUT2D eigenvalue weighted by atomic mass is 9.88. The summed E-state index contributed by atoms with van der Waals surface area (Å²) in [5.41, 5.74) is 0.495. The smallest absolute Gasteiger partial charge is 0.219 e. The van der Waals surface area contributed by atoms with E-state index in [0.717, 1.165) is 11.8 Å². The maximum Gasteiger partial charge on any atom is 0.219 e. The first-order valence-corrected chi connectivity index (χ1v) is 7.26. The van der Waals surface area contributed by atoms with Crippen molar-refractivity contribution in [3.05, 3.63) is 11.8 Å². The fourth-order valence-corrected chi connectivity index (χ4v) is 2.12. The van der Waals surface area contributed by atoms with E-state index in [2.05, 4.69) is 10.2 Å². The highest BCUT2D eigenvalue weighted by Crippen LogP contribution is 2.34. The summed E-state index contributed by atoms with van der Waals surface area (Å²) in [4.78, 5) is 0. The summed E-state index contributed by atoms with van der Waals surface area (Å²) in [6.45, 7) is 8.10. The predicted molar refractivity (Wildman–Crippen MR) is 65.0 cm³/mol. The fraction of sp³-hybridized carbons (Fsp3) is 0.636. The van der Waals surface area contributed by atoms with Gasteiger partial charge in [-0.05, 0) is 12.3 Å². The van der Waals surface area contributed by atoms with Gasteiger partial charge in [0.1, 0.15) is 0 Å². The van der Waals surface area contributed by atoms with Crippen LogP contribution in [0.5, 0.6) is 5.75 Å². The molecule has 17 heavy (non-hydrogen) atoms. The lowest BCUT2D eigenvalue weighted by Crippen LogP contribution is -2.17. The Balaban J connectivity index is 3.54. The minimum Gasteiger partial charge on any atom is -0.490 e. The van der Waals surface area contributed by atoms with Crippen LogP contribution in [-0.2, 0) is 15.3 Å². The molecule has 1 rings (SSSR count). The van der Waals surface area contributed by atoms with Crippen molar-refractivity contribution in [2.45, 2.75) is 38.1 Å². The van der Waals surface area contributed by atoms with Crippen LogP contribution in [0.1, 0.15) is 33.3 Å². The molecular formula is C11H18N2O3S. The van der Waals surface area contributed by atoms with Crippen molar-refractivity contribution in [1.82, 2.24) is 10.2 Å². The molecule has 0 aromatic carbocycles. The van der Waals surface area contributed by atoms with E-state index < -0.39 is 9.84 Å². The Hall–Kier alpha value is -1.17. The molecule has 1 aromatic rings. The van der Waals surface area contributed by atoms with Gasteiger partial charge in [-0.15, -0.1) is 5.10 Å². The molecule has 0 unspecified atom stereocenters. The zero-order chi connectivity index (χ0) is 13.3. The van der Waals surface area contributed by atoms with E-state index in [4.69, 9.17) is 4.74 Å². The summed E-state index contributed by atoms with van der Waals surface area (Å²) in [5.74, 6) is 0.317. The molecule has 0 saturated carbocycles. The highest BCUT2D eigenvalue weighted by atomic mass is 32.2. The third-order valence-corrected chi connectivity index (χ3v) is 3.19. The Bertz CT molecular complexity index is 504. The fourth-order valence-electron chi connectivity index (χ4n) is 1.42. The summed E-state index contributed by atoms with van der Waals surface area (Å²) in [5, 5.41) is 7.34. The van der Waals surface area contributed by atoms with Crippen molar-refractivity contribution in [3.63, 3.8) is 0 Å². The summed E-state index contributed by atoms with van der Waals surface area (Å²) in [6, 6.07) is 0. The summed E-state index contributed by atoms with van der Waals surface area (Å²) in [7, 11) is -3.44. The number of rotatable bonds is 3. The summed E-state index contributed by atoms with van der Waals surface area (Å²) in [6.07, 6.45) is 2.66. The van der Waals surface area contributed by atoms with E-state index in [9.17, 15) is 8.42 Å². The van der Waals surface area contributed by atoms with Gasteiger partial charge < -0.3 is 4.74 Å². The van der Waals surface area contributed by atoms with Crippen LogP contribution in [0.25, 0.3) is 0 Å². The Morgan fingerprint density at radius 1 is 1.35 bits per heavy atom. The molecule has 96 valence electrons. The van der Waals surface area contributed by atoms with Crippen LogP contribution in [0.4, 0.5) is 0 Å². The summed E-state index contributed by atoms with van der Waals surface area (Å²) >= 11 is 0. The maximum absolute atomic E-state index is 11.6. The monoisotopic (exact) mass is 258 g/mol. The van der Waals surface area contributed by atoms with Crippen molar-refractivity contribution in [1.29, 1.82) is 0 Å². The zero-order valence-corrected chi connectivity index (χ0v) is 11.6. The molecule has 0 spiro atoms. The van der Waals surface area contributed by atoms with Gasteiger partial charge in [-0.1, -0.05) is 20.8 Å². The second-order valence-electron chi connectivity index (χ2n) is 4.85. The van der Waals surface area contributed by atoms with Crippen LogP contribution < -0.4 is 4.74 Å². The molecule has 6 heteroatoms. The Labute approximate surface area is 102 Å². The lowest BCUT2D eigenvalue weighted by Gasteiger charge is -2.22. The first kappa shape index (κ1) is 13.9. The van der Waals surface area contributed by atoms with Crippen LogP contribution in [0.15, 0.2) is 11.2 Å². The lowest BCUT2D eigenvalue weighted by molar-refractivity contribution is 0.315. The molecule has 0 aliphatic carbocycles. The molecule has 1 heterocycles. The number of hydrogen-bond donors (Lipinski definition) is 0. The quantitative estimate of drug-likeness (QED) is 0.823. The molecule has 0 fully saturated rings. The first-order valence-electron chi connectivity index (χ1n) is 5.37. The predicted octanol–water partition coefficient (Wildman–Crippen LogP) is 1.58. The third kappa shape index (κ3) is 3.15. The van der Waals surface area contributed by atoms with Gasteiger partial charge in [0.05, 0.1) is 12.8 Å². The average Bonchev–Trinajstić information content (AvgIpc) is 2.15. The van der Waals surface area contributed by atoms with Crippen LogP contribution in [0, 0.1) is 0 Å². The standard InChI is InChI=1S/C11H18N2O3S/c1-6-16-9-8(11(2,3)4)7-12-13-10(9)17(5,14)15/h7H,6H2,1-5H3. The Morgan fingerprint density at radius 3 is 2.35 bits per heavy atom. The zero-order valence-electron chi connectivity index (χ0n) is 10.8. The highest BCUT2D eigenvalue weighted by molar-refractivity contribution is 7.90. The Morgan fingerprint density at radius 2 is 1.94 bits per heavy atom. The average molecular weight is 258 g/mol. The molecule has 0 bridgehead atoms. The molecule has 0 N–H and O–H groups in total. The van der Waals surface area contributed by atoms with Gasteiger partial charge in [-0.25, -0.2) is 8.42 Å². The van der Waals surface area contributed by atoms with Gasteiger partial charge in [-0.3, -0.25) is 0 Å². The first-order chi connectivity index (χ1) is 7.68. The largest absolute Gasteiger partial charge is 0.490 e. The molecule has 0 aliphatic rings. The van der Waals surface area contributed by atoms with E-state index in [-0.39, 0.29) is 10.4 Å². The minimum atomic E-state index is -3.44. The van der Waals surface area contributed by atoms with Gasteiger partial charge in [-0.2, -0.15) is 5.10 Å². The second-order valence-corrected chi connectivity index (χ2v) is 6.78. The van der Waals surface area contributed by atoms with Crippen molar-refractivity contribution in [3.8, 4) is 5.75 Å². The normalized spacial score (nSPS) is 12.5. The molecule has 0 amide bonds. The van der Waals surface area contributed by atoms with Crippen molar-refractivity contribution < 1.29 is 13.2 Å². The SMILES string of the molecule is CCOc1c(C(C)(C)C)cnnc1S(C)(=O)=O. The number of sulfone groups is 1. The number of aromatic nitrogens is 2. The topological polar surface area (TPSA) is 69.2 Å². The van der Waals surface area contributed by atoms with Gasteiger partial charge in [0.25, 0.3) is 0 Å². The molecule has 5 nitrogen and oxygen atoms in total. The number of ether oxygens (including phenoxy) is 1.